The zero-order chi connectivity index (χ0) is 15.0. The molecule has 2 aromatic rings. The Labute approximate surface area is 123 Å². The summed E-state index contributed by atoms with van der Waals surface area (Å²) in [5, 5.41) is 17.4. The lowest BCUT2D eigenvalue weighted by atomic mass is 9.79. The number of rotatable bonds is 1. The van der Waals surface area contributed by atoms with Crippen molar-refractivity contribution in [1.29, 1.82) is 10.7 Å². The molecule has 0 fully saturated rings. The molecular weight excluding hydrogens is 262 g/mol. The molecule has 0 radical (unpaired) electrons. The summed E-state index contributed by atoms with van der Waals surface area (Å²) in [6.45, 7) is 2.02. The normalized spacial score (nSPS) is 20.3. The summed E-state index contributed by atoms with van der Waals surface area (Å²) in [5.74, 6) is -0.283. The molecule has 2 atom stereocenters. The van der Waals surface area contributed by atoms with Crippen molar-refractivity contribution >= 4 is 11.6 Å². The van der Waals surface area contributed by atoms with Gasteiger partial charge in [-0.25, -0.2) is 0 Å². The first-order valence-electron chi connectivity index (χ1n) is 6.72. The van der Waals surface area contributed by atoms with Crippen molar-refractivity contribution in [3.05, 3.63) is 59.2 Å². The number of aryl methyl sites for hydroxylation is 1. The summed E-state index contributed by atoms with van der Waals surface area (Å²) in [7, 11) is 0. The molecule has 3 rings (SSSR count). The molecule has 21 heavy (non-hydrogen) atoms. The molecule has 0 amide bonds. The van der Waals surface area contributed by atoms with Gasteiger partial charge in [-0.1, -0.05) is 35.9 Å². The molecule has 2 unspecified atom stereocenters. The quantitative estimate of drug-likeness (QED) is 0.785. The molecule has 0 aliphatic carbocycles. The number of fused-ring (bicyclic) bond motifs is 1. The molecule has 0 saturated carbocycles. The van der Waals surface area contributed by atoms with Crippen LogP contribution in [0.4, 0.5) is 5.69 Å². The van der Waals surface area contributed by atoms with Crippen molar-refractivity contribution in [1.82, 2.24) is 0 Å². The third kappa shape index (κ3) is 2.23. The van der Waals surface area contributed by atoms with Crippen LogP contribution in [0, 0.1) is 29.6 Å². The molecule has 3 N–H and O–H groups in total. The Balaban J connectivity index is 2.18. The molecule has 4 heteroatoms. The zero-order valence-electron chi connectivity index (χ0n) is 11.6. The minimum absolute atomic E-state index is 0.0267. The van der Waals surface area contributed by atoms with Crippen molar-refractivity contribution in [2.45, 2.75) is 12.8 Å². The Hall–Kier alpha value is -2.80. The van der Waals surface area contributed by atoms with E-state index in [0.717, 1.165) is 16.7 Å². The maximum Gasteiger partial charge on any atom is 0.205 e. The SMILES string of the molecule is Cc1ccc(C2c3ccc(N)cc3OC(=N)C2C#N)cc1. The fourth-order valence-electron chi connectivity index (χ4n) is 2.69. The standard InChI is InChI=1S/C17H15N3O/c1-10-2-4-11(5-3-10)16-13-7-6-12(19)8-15(13)21-17(20)14(16)9-18/h2-8,14,16,20H,19H2,1H3. The fourth-order valence-corrected chi connectivity index (χ4v) is 2.69. The molecule has 4 nitrogen and oxygen atoms in total. The van der Waals surface area contributed by atoms with Gasteiger partial charge in [-0.05, 0) is 18.6 Å². The van der Waals surface area contributed by atoms with Crippen LogP contribution in [0.5, 0.6) is 5.75 Å². The van der Waals surface area contributed by atoms with Crippen molar-refractivity contribution in [3.8, 4) is 11.8 Å². The van der Waals surface area contributed by atoms with Gasteiger partial charge in [-0.15, -0.1) is 0 Å². The average Bonchev–Trinajstić information content (AvgIpc) is 2.46. The van der Waals surface area contributed by atoms with E-state index in [0.29, 0.717) is 11.4 Å². The van der Waals surface area contributed by atoms with Gasteiger partial charge in [0.05, 0.1) is 6.07 Å². The fraction of sp³-hybridized carbons (Fsp3) is 0.176. The highest BCUT2D eigenvalue weighted by Crippen LogP contribution is 2.42. The number of nitrogens with two attached hydrogens (primary N) is 1. The molecular formula is C17H15N3O. The van der Waals surface area contributed by atoms with Gasteiger partial charge in [0.15, 0.2) is 0 Å². The first-order valence-corrected chi connectivity index (χ1v) is 6.72. The average molecular weight is 277 g/mol. The van der Waals surface area contributed by atoms with Crippen LogP contribution in [0.25, 0.3) is 0 Å². The third-order valence-electron chi connectivity index (χ3n) is 3.78. The molecule has 1 aliphatic rings. The Bertz CT molecular complexity index is 744. The summed E-state index contributed by atoms with van der Waals surface area (Å²) in [4.78, 5) is 0. The Morgan fingerprint density at radius 3 is 2.57 bits per heavy atom. The molecule has 0 spiro atoms. The van der Waals surface area contributed by atoms with Crippen LogP contribution in [0.1, 0.15) is 22.6 Å². The molecule has 1 aliphatic heterocycles. The van der Waals surface area contributed by atoms with Crippen LogP contribution in [-0.4, -0.2) is 5.90 Å². The van der Waals surface area contributed by atoms with Crippen molar-refractivity contribution in [2.75, 3.05) is 5.73 Å². The van der Waals surface area contributed by atoms with Crippen molar-refractivity contribution in [2.24, 2.45) is 5.92 Å². The summed E-state index contributed by atoms with van der Waals surface area (Å²) >= 11 is 0. The van der Waals surface area contributed by atoms with E-state index in [1.165, 1.54) is 0 Å². The number of anilines is 1. The third-order valence-corrected chi connectivity index (χ3v) is 3.78. The second-order valence-electron chi connectivity index (χ2n) is 5.26. The number of nitrogens with zero attached hydrogens (tertiary/aromatic N) is 1. The van der Waals surface area contributed by atoms with Gasteiger partial charge in [0.25, 0.3) is 0 Å². The number of ether oxygens (including phenoxy) is 1. The highest BCUT2D eigenvalue weighted by Gasteiger charge is 2.36. The first-order chi connectivity index (χ1) is 10.1. The highest BCUT2D eigenvalue weighted by atomic mass is 16.5. The lowest BCUT2D eigenvalue weighted by Gasteiger charge is -2.30. The van der Waals surface area contributed by atoms with Gasteiger partial charge in [0, 0.05) is 23.2 Å². The minimum atomic E-state index is -0.621. The maximum atomic E-state index is 9.43. The van der Waals surface area contributed by atoms with Crippen molar-refractivity contribution < 1.29 is 4.74 Å². The number of nitrogen functional groups attached to an aromatic ring is 1. The van der Waals surface area contributed by atoms with E-state index in [9.17, 15) is 5.26 Å². The van der Waals surface area contributed by atoms with Gasteiger partial charge >= 0.3 is 0 Å². The highest BCUT2D eigenvalue weighted by molar-refractivity contribution is 5.85. The van der Waals surface area contributed by atoms with Gasteiger partial charge in [-0.3, -0.25) is 5.41 Å². The lowest BCUT2D eigenvalue weighted by Crippen LogP contribution is -2.30. The van der Waals surface area contributed by atoms with Crippen LogP contribution in [0.3, 0.4) is 0 Å². The lowest BCUT2D eigenvalue weighted by molar-refractivity contribution is 0.451. The number of nitriles is 1. The van der Waals surface area contributed by atoms with Gasteiger partial charge in [-0.2, -0.15) is 5.26 Å². The smallest absolute Gasteiger partial charge is 0.205 e. The number of nitrogens with one attached hydrogen (secondary N) is 1. The predicted octanol–water partition coefficient (Wildman–Crippen LogP) is 3.22. The minimum Gasteiger partial charge on any atom is -0.442 e. The summed E-state index contributed by atoms with van der Waals surface area (Å²) < 4.78 is 5.47. The second-order valence-corrected chi connectivity index (χ2v) is 5.26. The number of benzene rings is 2. The van der Waals surface area contributed by atoms with E-state index in [1.807, 2.05) is 37.3 Å². The van der Waals surface area contributed by atoms with Gasteiger partial charge in [0.2, 0.25) is 5.90 Å². The Kier molecular flexibility index (Phi) is 3.11. The van der Waals surface area contributed by atoms with Gasteiger partial charge in [0.1, 0.15) is 11.7 Å². The van der Waals surface area contributed by atoms with Crippen LogP contribution in [0.15, 0.2) is 42.5 Å². The molecule has 0 saturated heterocycles. The second kappa shape index (κ2) is 4.95. The number of hydrogen-bond donors (Lipinski definition) is 2. The molecule has 0 aromatic heterocycles. The molecule has 1 heterocycles. The first kappa shape index (κ1) is 13.2. The monoisotopic (exact) mass is 277 g/mol. The van der Waals surface area contributed by atoms with E-state index < -0.39 is 5.92 Å². The Morgan fingerprint density at radius 1 is 1.19 bits per heavy atom. The van der Waals surface area contributed by atoms with Crippen LogP contribution < -0.4 is 10.5 Å². The van der Waals surface area contributed by atoms with Crippen LogP contribution in [0.2, 0.25) is 0 Å². The number of hydrogen-bond acceptors (Lipinski definition) is 4. The predicted molar refractivity (Wildman–Crippen MR) is 81.3 cm³/mol. The van der Waals surface area contributed by atoms with E-state index in [2.05, 4.69) is 6.07 Å². The zero-order valence-corrected chi connectivity index (χ0v) is 11.6. The van der Waals surface area contributed by atoms with Gasteiger partial charge < -0.3 is 10.5 Å². The van der Waals surface area contributed by atoms with Crippen LogP contribution >= 0.6 is 0 Å². The van der Waals surface area contributed by atoms with Crippen molar-refractivity contribution in [3.63, 3.8) is 0 Å². The van der Waals surface area contributed by atoms with E-state index in [4.69, 9.17) is 15.9 Å². The topological polar surface area (TPSA) is 82.9 Å². The summed E-state index contributed by atoms with van der Waals surface area (Å²) in [6.07, 6.45) is 0. The van der Waals surface area contributed by atoms with Crippen LogP contribution in [-0.2, 0) is 0 Å². The largest absolute Gasteiger partial charge is 0.442 e. The molecule has 104 valence electrons. The van der Waals surface area contributed by atoms with E-state index >= 15 is 0 Å². The van der Waals surface area contributed by atoms with E-state index in [-0.39, 0.29) is 11.8 Å². The maximum absolute atomic E-state index is 9.43. The molecule has 2 aromatic carbocycles. The van der Waals surface area contributed by atoms with E-state index in [1.54, 1.807) is 12.1 Å². The Morgan fingerprint density at radius 2 is 1.90 bits per heavy atom. The summed E-state index contributed by atoms with van der Waals surface area (Å²) in [6, 6.07) is 15.6. The summed E-state index contributed by atoms with van der Waals surface area (Å²) in [5.41, 5.74) is 9.43. The molecule has 0 bridgehead atoms.